The van der Waals surface area contributed by atoms with Crippen LogP contribution in [0.5, 0.6) is 34.5 Å². The quantitative estimate of drug-likeness (QED) is 0.255. The Morgan fingerprint density at radius 1 is 1.00 bits per heavy atom. The Morgan fingerprint density at radius 3 is 2.25 bits per heavy atom. The van der Waals surface area contributed by atoms with Gasteiger partial charge in [-0.1, -0.05) is 0 Å². The Bertz CT molecular complexity index is 1090. The third-order valence-electron chi connectivity index (χ3n) is 4.80. The molecule has 9 nitrogen and oxygen atoms in total. The van der Waals surface area contributed by atoms with E-state index in [0.717, 1.165) is 30.0 Å². The van der Waals surface area contributed by atoms with Gasteiger partial charge < -0.3 is 45.6 Å². The normalized spacial score (nSPS) is 24.3. The zero-order valence-electron chi connectivity index (χ0n) is 20.6. The minimum Gasteiger partial charge on any atom is -0.507 e. The van der Waals surface area contributed by atoms with Crippen molar-refractivity contribution >= 4 is 23.5 Å². The van der Waals surface area contributed by atoms with Crippen LogP contribution >= 0.6 is 23.5 Å². The fourth-order valence-electron chi connectivity index (χ4n) is 3.43. The predicted octanol–water partition coefficient (Wildman–Crippen LogP) is 2.26. The number of rotatable bonds is 8. The number of ether oxygens (including phenoxy) is 1. The average Bonchev–Trinajstić information content (AvgIpc) is 2.79. The van der Waals surface area contributed by atoms with Gasteiger partial charge in [-0.2, -0.15) is 11.8 Å². The molecule has 0 saturated carbocycles. The smallest absolute Gasteiger partial charge is 0.200 e. The van der Waals surface area contributed by atoms with Crippen molar-refractivity contribution < 1.29 is 51.1 Å². The molecular weight excluding hydrogens is 460 g/mol. The van der Waals surface area contributed by atoms with Gasteiger partial charge in [0.05, 0.1) is 24.0 Å². The van der Waals surface area contributed by atoms with Crippen LogP contribution in [-0.2, 0) is 0 Å². The van der Waals surface area contributed by atoms with Gasteiger partial charge in [-0.15, -0.1) is 11.8 Å². The molecule has 1 heterocycles. The summed E-state index contributed by atoms with van der Waals surface area (Å²) in [6, 6.07) is 2.84. The van der Waals surface area contributed by atoms with Gasteiger partial charge in [-0.3, -0.25) is 0 Å². The van der Waals surface area contributed by atoms with Gasteiger partial charge in [0.15, 0.2) is 23.4 Å². The Hall–Kier alpha value is -2.18. The minimum absolute atomic E-state index is 0.0446. The third-order valence-corrected chi connectivity index (χ3v) is 6.97. The standard InChI is InChI=1S/C21H26O9S2/c1-9(31-4-2-22)15-11(24)8-12(25)16-20(15)30-19(18(29)21(16)32-5-3-23)10-6-13(26)17(28)14(27)7-10/h6-9,18-19,21-29H,2-5H2,1H3/t9-,18-,19+,21-/m0/s1/i1D3,9D. The molecule has 4 atom stereocenters. The first-order valence-electron chi connectivity index (χ1n) is 11.4. The SMILES string of the molecule is [2H]C([2H])([2H])[C@]([2H])(SCCO)c1c(O)cc(O)c2c1O[C@H](c1cc(O)c(O)c(O)c1)[C@H](O)[C@H]2SCCO. The van der Waals surface area contributed by atoms with Crippen LogP contribution in [0.2, 0.25) is 0 Å². The lowest BCUT2D eigenvalue weighted by molar-refractivity contribution is 0.0165. The molecule has 11 heteroatoms. The van der Waals surface area contributed by atoms with E-state index in [2.05, 4.69) is 0 Å². The van der Waals surface area contributed by atoms with Crippen LogP contribution in [0.4, 0.5) is 0 Å². The number of aliphatic hydroxyl groups excluding tert-OH is 3. The van der Waals surface area contributed by atoms with Gasteiger partial charge in [0.2, 0.25) is 0 Å². The fourth-order valence-corrected chi connectivity index (χ4v) is 5.16. The zero-order valence-corrected chi connectivity index (χ0v) is 18.2. The number of aliphatic hydroxyl groups is 3. The van der Waals surface area contributed by atoms with E-state index in [0.29, 0.717) is 11.8 Å². The van der Waals surface area contributed by atoms with Crippen LogP contribution < -0.4 is 4.74 Å². The monoisotopic (exact) mass is 490 g/mol. The number of hydrogen-bond donors (Lipinski definition) is 8. The van der Waals surface area contributed by atoms with Gasteiger partial charge in [-0.05, 0) is 19.0 Å². The van der Waals surface area contributed by atoms with Crippen molar-refractivity contribution in [2.24, 2.45) is 0 Å². The molecule has 0 bridgehead atoms. The van der Waals surface area contributed by atoms with E-state index in [-0.39, 0.29) is 29.2 Å². The van der Waals surface area contributed by atoms with Crippen LogP contribution in [0.25, 0.3) is 0 Å². The first kappa shape index (κ1) is 19.3. The highest BCUT2D eigenvalue weighted by molar-refractivity contribution is 7.99. The van der Waals surface area contributed by atoms with Crippen molar-refractivity contribution in [3.63, 3.8) is 0 Å². The van der Waals surface area contributed by atoms with E-state index >= 15 is 0 Å². The van der Waals surface area contributed by atoms with Crippen LogP contribution in [0.1, 0.15) is 45.6 Å². The lowest BCUT2D eigenvalue weighted by atomic mass is 9.90. The van der Waals surface area contributed by atoms with Crippen molar-refractivity contribution in [3.8, 4) is 34.5 Å². The molecule has 0 radical (unpaired) electrons. The second-order valence-electron chi connectivity index (χ2n) is 6.89. The summed E-state index contributed by atoms with van der Waals surface area (Å²) >= 11 is 1.49. The van der Waals surface area contributed by atoms with E-state index in [4.69, 9.17) is 10.2 Å². The maximum atomic E-state index is 11.2. The molecule has 0 saturated heterocycles. The summed E-state index contributed by atoms with van der Waals surface area (Å²) in [5, 5.41) is 77.2. The Labute approximate surface area is 198 Å². The summed E-state index contributed by atoms with van der Waals surface area (Å²) in [7, 11) is 0. The summed E-state index contributed by atoms with van der Waals surface area (Å²) in [6.45, 7) is -3.84. The number of phenols is 5. The molecule has 8 N–H and O–H groups in total. The lowest BCUT2D eigenvalue weighted by Gasteiger charge is -2.38. The van der Waals surface area contributed by atoms with E-state index in [1.165, 1.54) is 0 Å². The van der Waals surface area contributed by atoms with Gasteiger partial charge in [-0.25, -0.2) is 0 Å². The number of phenolic OH excluding ortho intramolecular Hbond substituents is 5. The van der Waals surface area contributed by atoms with E-state index in [1.807, 2.05) is 0 Å². The van der Waals surface area contributed by atoms with E-state index in [9.17, 15) is 40.9 Å². The molecule has 0 unspecified atom stereocenters. The first-order valence-corrected chi connectivity index (χ1v) is 11.5. The topological polar surface area (TPSA) is 171 Å². The third kappa shape index (κ3) is 4.62. The van der Waals surface area contributed by atoms with Crippen molar-refractivity contribution in [1.29, 1.82) is 0 Å². The molecular formula is C21H26O9S2. The van der Waals surface area contributed by atoms with Gasteiger partial charge >= 0.3 is 0 Å². The molecule has 0 aliphatic carbocycles. The van der Waals surface area contributed by atoms with Crippen molar-refractivity contribution in [1.82, 2.24) is 0 Å². The lowest BCUT2D eigenvalue weighted by Crippen LogP contribution is -2.34. The molecule has 1 aliphatic heterocycles. The summed E-state index contributed by atoms with van der Waals surface area (Å²) < 4.78 is 38.7. The second kappa shape index (κ2) is 10.2. The van der Waals surface area contributed by atoms with E-state index < -0.39 is 76.2 Å². The van der Waals surface area contributed by atoms with Crippen LogP contribution in [-0.4, -0.2) is 71.7 Å². The molecule has 2 aromatic carbocycles. The highest BCUT2D eigenvalue weighted by Gasteiger charge is 2.43. The maximum Gasteiger partial charge on any atom is 0.200 e. The van der Waals surface area contributed by atoms with Crippen LogP contribution in [0.3, 0.4) is 0 Å². The Balaban J connectivity index is 2.32. The molecule has 2 aromatic rings. The predicted molar refractivity (Wildman–Crippen MR) is 121 cm³/mol. The molecule has 0 spiro atoms. The zero-order chi connectivity index (χ0) is 27.0. The number of aromatic hydroxyl groups is 5. The minimum atomic E-state index is -3.06. The maximum absolute atomic E-state index is 11.2. The molecule has 0 amide bonds. The van der Waals surface area contributed by atoms with E-state index in [1.54, 1.807) is 0 Å². The second-order valence-corrected chi connectivity index (χ2v) is 9.24. The Morgan fingerprint density at radius 2 is 1.66 bits per heavy atom. The number of benzene rings is 2. The summed E-state index contributed by atoms with van der Waals surface area (Å²) in [5.74, 6) is -4.16. The first-order chi connectivity index (χ1) is 16.8. The summed E-state index contributed by atoms with van der Waals surface area (Å²) in [6.07, 6.45) is -2.94. The fraction of sp³-hybridized carbons (Fsp3) is 0.429. The highest BCUT2D eigenvalue weighted by atomic mass is 32.2. The summed E-state index contributed by atoms with van der Waals surface area (Å²) in [4.78, 5) is 0. The van der Waals surface area contributed by atoms with Crippen LogP contribution in [0, 0.1) is 0 Å². The number of thioether (sulfide) groups is 2. The molecule has 176 valence electrons. The van der Waals surface area contributed by atoms with Gasteiger partial charge in [0.1, 0.15) is 23.4 Å². The number of fused-ring (bicyclic) bond motifs is 1. The highest BCUT2D eigenvalue weighted by Crippen LogP contribution is 2.57. The van der Waals surface area contributed by atoms with Crippen molar-refractivity contribution in [3.05, 3.63) is 34.9 Å². The molecule has 32 heavy (non-hydrogen) atoms. The van der Waals surface area contributed by atoms with Gasteiger partial charge in [0.25, 0.3) is 0 Å². The average molecular weight is 491 g/mol. The largest absolute Gasteiger partial charge is 0.507 e. The molecule has 0 aromatic heterocycles. The van der Waals surface area contributed by atoms with Crippen molar-refractivity contribution in [2.45, 2.75) is 29.5 Å². The summed E-state index contributed by atoms with van der Waals surface area (Å²) in [5.41, 5.74) is -0.702. The number of hydrogen-bond acceptors (Lipinski definition) is 11. The molecule has 1 aliphatic rings. The molecule has 3 rings (SSSR count). The van der Waals surface area contributed by atoms with Crippen LogP contribution in [0.15, 0.2) is 18.2 Å². The van der Waals surface area contributed by atoms with Crippen molar-refractivity contribution in [2.75, 3.05) is 24.7 Å². The molecule has 0 fully saturated rings. The Kier molecular flexibility index (Phi) is 6.14. The van der Waals surface area contributed by atoms with Gasteiger partial charge in [0, 0.05) is 39.4 Å².